The fourth-order valence-electron chi connectivity index (χ4n) is 7.75. The van der Waals surface area contributed by atoms with Gasteiger partial charge in [0.25, 0.3) is 0 Å². The van der Waals surface area contributed by atoms with Crippen LogP contribution in [0.25, 0.3) is 11.1 Å². The molecule has 306 valence electrons. The monoisotopic (exact) mass is 798 g/mol. The van der Waals surface area contributed by atoms with Gasteiger partial charge in [0, 0.05) is 56.7 Å². The molecule has 1 saturated heterocycles. The molecule has 0 saturated carbocycles. The number of carbonyl (C=O) groups is 6. The van der Waals surface area contributed by atoms with Gasteiger partial charge in [-0.1, -0.05) is 103 Å². The summed E-state index contributed by atoms with van der Waals surface area (Å²) in [6.45, 7) is 0.556. The van der Waals surface area contributed by atoms with Gasteiger partial charge in [0.2, 0.25) is 29.5 Å². The van der Waals surface area contributed by atoms with Crippen LogP contribution in [0.3, 0.4) is 0 Å². The number of aliphatic hydroxyl groups excluding tert-OH is 1. The summed E-state index contributed by atoms with van der Waals surface area (Å²) in [6.07, 6.45) is 3.48. The fraction of sp³-hybridized carbons (Fsp3) is 0.304. The number of nitrogens with two attached hydrogens (primary N) is 1. The summed E-state index contributed by atoms with van der Waals surface area (Å²) in [7, 11) is 0. The maximum atomic E-state index is 14.8. The highest BCUT2D eigenvalue weighted by atomic mass is 16.3. The normalized spacial score (nSPS) is 22.9. The number of primary amides is 1. The number of aldehydes is 1. The second-order valence-electron chi connectivity index (χ2n) is 15.2. The van der Waals surface area contributed by atoms with Crippen LogP contribution in [-0.4, -0.2) is 83.8 Å². The first-order valence-corrected chi connectivity index (χ1v) is 19.8. The van der Waals surface area contributed by atoms with E-state index in [1.54, 1.807) is 23.1 Å². The van der Waals surface area contributed by atoms with Gasteiger partial charge in [-0.15, -0.1) is 0 Å². The Hall–Kier alpha value is -6.44. The van der Waals surface area contributed by atoms with Crippen LogP contribution < -0.4 is 27.0 Å². The fourth-order valence-corrected chi connectivity index (χ4v) is 7.75. The third-order valence-electron chi connectivity index (χ3n) is 11.0. The Morgan fingerprint density at radius 1 is 0.831 bits per heavy atom. The van der Waals surface area contributed by atoms with Crippen molar-refractivity contribution in [2.75, 3.05) is 19.6 Å². The molecule has 0 aliphatic carbocycles. The van der Waals surface area contributed by atoms with E-state index in [0.717, 1.165) is 40.2 Å². The number of amides is 5. The summed E-state index contributed by atoms with van der Waals surface area (Å²) in [5, 5.41) is 22.6. The average Bonchev–Trinajstić information content (AvgIpc) is 3.24. The van der Waals surface area contributed by atoms with Gasteiger partial charge in [-0.2, -0.15) is 0 Å². The second kappa shape index (κ2) is 19.8. The Balaban J connectivity index is 1.33. The van der Waals surface area contributed by atoms with Gasteiger partial charge in [-0.05, 0) is 59.1 Å². The van der Waals surface area contributed by atoms with Gasteiger partial charge in [0.05, 0.1) is 11.5 Å². The summed E-state index contributed by atoms with van der Waals surface area (Å²) in [6, 6.07) is 29.7. The van der Waals surface area contributed by atoms with Crippen molar-refractivity contribution in [1.82, 2.24) is 26.2 Å². The van der Waals surface area contributed by atoms with Crippen LogP contribution in [-0.2, 0) is 49.8 Å². The van der Waals surface area contributed by atoms with E-state index in [2.05, 4.69) is 21.3 Å². The molecule has 2 bridgehead atoms. The van der Waals surface area contributed by atoms with Crippen molar-refractivity contribution in [1.29, 1.82) is 0 Å². The van der Waals surface area contributed by atoms with Gasteiger partial charge in [-0.3, -0.25) is 34.1 Å². The van der Waals surface area contributed by atoms with E-state index in [4.69, 9.17) is 5.73 Å². The van der Waals surface area contributed by atoms with E-state index in [1.165, 1.54) is 6.08 Å². The predicted octanol–water partition coefficient (Wildman–Crippen LogP) is 2.74. The largest absolute Gasteiger partial charge is 0.378 e. The van der Waals surface area contributed by atoms with Crippen molar-refractivity contribution >= 4 is 35.8 Å². The van der Waals surface area contributed by atoms with Gasteiger partial charge in [-0.25, -0.2) is 0 Å². The maximum absolute atomic E-state index is 14.8. The van der Waals surface area contributed by atoms with Crippen LogP contribution in [0.1, 0.15) is 51.9 Å². The molecule has 2 heterocycles. The first kappa shape index (κ1) is 42.2. The number of hydrogen-bond acceptors (Lipinski definition) is 8. The van der Waals surface area contributed by atoms with E-state index in [-0.39, 0.29) is 44.8 Å². The molecular weight excluding hydrogens is 749 g/mol. The Morgan fingerprint density at radius 2 is 1.51 bits per heavy atom. The van der Waals surface area contributed by atoms with Crippen molar-refractivity contribution in [3.05, 3.63) is 143 Å². The van der Waals surface area contributed by atoms with Crippen LogP contribution in [0.2, 0.25) is 0 Å². The summed E-state index contributed by atoms with van der Waals surface area (Å²) >= 11 is 0. The van der Waals surface area contributed by atoms with Crippen LogP contribution in [0.15, 0.2) is 115 Å². The Kier molecular flexibility index (Phi) is 14.2. The summed E-state index contributed by atoms with van der Waals surface area (Å²) in [5.41, 5.74) is 10.0. The zero-order valence-electron chi connectivity index (χ0n) is 32.8. The first-order chi connectivity index (χ1) is 28.5. The van der Waals surface area contributed by atoms with E-state index in [1.807, 2.05) is 84.9 Å². The molecule has 0 radical (unpaired) electrons. The number of piperidine rings is 1. The van der Waals surface area contributed by atoms with Gasteiger partial charge >= 0.3 is 0 Å². The van der Waals surface area contributed by atoms with E-state index in [9.17, 15) is 33.9 Å². The average molecular weight is 799 g/mol. The Bertz CT molecular complexity index is 2160. The van der Waals surface area contributed by atoms with Gasteiger partial charge < -0.3 is 31.7 Å². The van der Waals surface area contributed by atoms with Crippen LogP contribution in [0.5, 0.6) is 0 Å². The smallest absolute Gasteiger partial charge is 0.246 e. The second-order valence-corrected chi connectivity index (χ2v) is 15.2. The number of benzene rings is 4. The lowest BCUT2D eigenvalue weighted by molar-refractivity contribution is -0.141. The minimum Gasteiger partial charge on any atom is -0.378 e. The van der Waals surface area contributed by atoms with Crippen molar-refractivity contribution in [3.63, 3.8) is 0 Å². The molecule has 59 heavy (non-hydrogen) atoms. The topological polar surface area (TPSA) is 200 Å². The molecule has 2 aliphatic heterocycles. The van der Waals surface area contributed by atoms with Crippen LogP contribution in [0.4, 0.5) is 0 Å². The minimum absolute atomic E-state index is 0.0406. The Labute approximate surface area is 343 Å². The van der Waals surface area contributed by atoms with Gasteiger partial charge in [0.1, 0.15) is 18.6 Å². The quantitative estimate of drug-likeness (QED) is 0.153. The number of rotatable bonds is 7. The highest BCUT2D eigenvalue weighted by molar-refractivity contribution is 5.97. The molecule has 0 spiro atoms. The lowest BCUT2D eigenvalue weighted by Crippen LogP contribution is -2.58. The molecule has 13 nitrogen and oxygen atoms in total. The molecule has 13 heteroatoms. The molecule has 4 aromatic carbocycles. The molecule has 2 aliphatic rings. The molecule has 4 atom stereocenters. The third kappa shape index (κ3) is 11.4. The lowest BCUT2D eigenvalue weighted by atomic mass is 9.74. The standard InChI is InChI=1S/C46H50N6O7/c47-43(57)38-21-23-48-40(54)19-20-42(56)52-24-6-22-46(30-52,27-32-7-2-1-3-8-32)45(59)51-39(44(58)49-28-37-10-5-4-9-36(37)26-41(55)50-38)25-31-11-15-34(16-12-31)35-17-13-33(29-53)14-18-35/h1-5,7-20,29,38-39,41,50,55H,6,21-28,30H2,(H2,47,57)(H,48,54)(H,49,58)(H,51,59)/b20-19+/t38-,39-,41?,46-/m0/s1. The first-order valence-electron chi connectivity index (χ1n) is 19.8. The molecule has 7 N–H and O–H groups in total. The number of hydrogen-bond donors (Lipinski definition) is 6. The van der Waals surface area contributed by atoms with Crippen molar-refractivity contribution in [3.8, 4) is 11.1 Å². The summed E-state index contributed by atoms with van der Waals surface area (Å²) in [4.78, 5) is 80.4. The number of fused-ring (bicyclic) bond motifs is 3. The third-order valence-corrected chi connectivity index (χ3v) is 11.0. The number of aliphatic hydroxyl groups is 1. The molecule has 1 fully saturated rings. The SMILES string of the molecule is NC(=O)[C@@H]1CCNC(=O)/C=C/C(=O)N2CCC[C@](Cc3ccccc3)(C2)C(=O)N[C@@H](Cc2ccc(-c3ccc(C=O)cc3)cc2)C(=O)NCc2ccccc2CC(O)N1. The minimum atomic E-state index is -1.19. The maximum Gasteiger partial charge on any atom is 0.246 e. The van der Waals surface area contributed by atoms with Crippen molar-refractivity contribution < 1.29 is 33.9 Å². The number of nitrogens with zero attached hydrogens (tertiary/aromatic N) is 1. The summed E-state index contributed by atoms with van der Waals surface area (Å²) < 4.78 is 0. The molecule has 0 aromatic heterocycles. The number of nitrogens with one attached hydrogen (secondary N) is 4. The lowest BCUT2D eigenvalue weighted by Gasteiger charge is -2.42. The van der Waals surface area contributed by atoms with Gasteiger partial charge in [0.15, 0.2) is 0 Å². The van der Waals surface area contributed by atoms with Crippen molar-refractivity contribution in [2.45, 2.75) is 63.4 Å². The molecule has 4 aromatic rings. The molecule has 1 unspecified atom stereocenters. The highest BCUT2D eigenvalue weighted by Gasteiger charge is 2.44. The zero-order chi connectivity index (χ0) is 41.8. The molecule has 6 rings (SSSR count). The number of carbonyl (C=O) groups excluding carboxylic acids is 6. The van der Waals surface area contributed by atoms with E-state index < -0.39 is 47.4 Å². The molecule has 5 amide bonds. The van der Waals surface area contributed by atoms with E-state index >= 15 is 0 Å². The predicted molar refractivity (Wildman–Crippen MR) is 222 cm³/mol. The zero-order valence-corrected chi connectivity index (χ0v) is 32.8. The molecular formula is C46H50N6O7. The van der Waals surface area contributed by atoms with Crippen LogP contribution in [0, 0.1) is 5.41 Å². The highest BCUT2D eigenvalue weighted by Crippen LogP contribution is 2.35. The van der Waals surface area contributed by atoms with Crippen molar-refractivity contribution in [2.24, 2.45) is 11.1 Å². The Morgan fingerprint density at radius 3 is 2.20 bits per heavy atom. The van der Waals surface area contributed by atoms with E-state index in [0.29, 0.717) is 36.9 Å². The summed E-state index contributed by atoms with van der Waals surface area (Å²) in [5.74, 6) is -2.50. The van der Waals surface area contributed by atoms with Crippen LogP contribution >= 0.6 is 0 Å².